The topological polar surface area (TPSA) is 0 Å². The Bertz CT molecular complexity index is 979. The van der Waals surface area contributed by atoms with Gasteiger partial charge in [0.2, 0.25) is 0 Å². The second-order valence-corrected chi connectivity index (χ2v) is 11.2. The molecule has 29 heavy (non-hydrogen) atoms. The Labute approximate surface area is 179 Å². The van der Waals surface area contributed by atoms with Crippen LogP contribution in [0.3, 0.4) is 0 Å². The first-order chi connectivity index (χ1) is 13.7. The number of rotatable bonds is 4. The van der Waals surface area contributed by atoms with Crippen molar-refractivity contribution in [2.24, 2.45) is 16.7 Å². The number of hydrogen-bond acceptors (Lipinski definition) is 0. The highest BCUT2D eigenvalue weighted by Gasteiger charge is 2.38. The summed E-state index contributed by atoms with van der Waals surface area (Å²) in [5.41, 5.74) is 6.41. The Morgan fingerprint density at radius 3 is 1.93 bits per heavy atom. The second-order valence-electron chi connectivity index (χ2n) is 10.8. The summed E-state index contributed by atoms with van der Waals surface area (Å²) in [4.78, 5) is 0. The zero-order chi connectivity index (χ0) is 20.6. The zero-order valence-electron chi connectivity index (χ0n) is 18.5. The molecule has 3 aromatic rings. The molecule has 0 heterocycles. The van der Waals surface area contributed by atoms with E-state index in [2.05, 4.69) is 97.6 Å². The van der Waals surface area contributed by atoms with Gasteiger partial charge in [-0.1, -0.05) is 82.3 Å². The molecule has 4 rings (SSSR count). The van der Waals surface area contributed by atoms with Gasteiger partial charge in [-0.25, -0.2) is 0 Å². The fraction of sp³-hybridized carbons (Fsp3) is 0.429. The van der Waals surface area contributed by atoms with Crippen molar-refractivity contribution in [2.75, 3.05) is 0 Å². The fourth-order valence-electron chi connectivity index (χ4n) is 5.99. The van der Waals surface area contributed by atoms with Crippen LogP contribution in [-0.2, 0) is 12.6 Å². The highest BCUT2D eigenvalue weighted by molar-refractivity contribution is 7.15. The number of hydrogen-bond donors (Lipinski definition) is 0. The van der Waals surface area contributed by atoms with Crippen molar-refractivity contribution < 1.29 is 0 Å². The molecule has 1 saturated carbocycles. The van der Waals surface area contributed by atoms with Crippen LogP contribution >= 0.6 is 9.24 Å². The van der Waals surface area contributed by atoms with Crippen LogP contribution in [0.25, 0.3) is 21.9 Å². The summed E-state index contributed by atoms with van der Waals surface area (Å²) >= 11 is 0. The van der Waals surface area contributed by atoms with E-state index in [9.17, 15) is 0 Å². The first-order valence-electron chi connectivity index (χ1n) is 11.1. The van der Waals surface area contributed by atoms with Gasteiger partial charge in [-0.15, -0.1) is 9.24 Å². The SMILES string of the molecule is CC1(C)CC(Cc2ccc(-c3ccc4cc(CP)ccc4c3)cc2)CC(C)(C)C1. The lowest BCUT2D eigenvalue weighted by Crippen LogP contribution is -2.34. The highest BCUT2D eigenvalue weighted by atomic mass is 31.0. The first kappa shape index (κ1) is 20.6. The lowest BCUT2D eigenvalue weighted by atomic mass is 9.60. The van der Waals surface area contributed by atoms with E-state index in [4.69, 9.17) is 0 Å². The molecule has 1 aliphatic rings. The summed E-state index contributed by atoms with van der Waals surface area (Å²) in [5, 5.41) is 2.65. The molecule has 1 fully saturated rings. The molecule has 0 amide bonds. The van der Waals surface area contributed by atoms with Gasteiger partial charge in [0.15, 0.2) is 0 Å². The first-order valence-corrected chi connectivity index (χ1v) is 11.9. The van der Waals surface area contributed by atoms with Crippen molar-refractivity contribution in [2.45, 2.75) is 59.5 Å². The molecule has 0 radical (unpaired) electrons. The third-order valence-corrected chi connectivity index (χ3v) is 7.06. The Kier molecular flexibility index (Phi) is 5.60. The van der Waals surface area contributed by atoms with E-state index in [0.717, 1.165) is 12.1 Å². The van der Waals surface area contributed by atoms with Crippen LogP contribution in [0, 0.1) is 16.7 Å². The number of benzene rings is 3. The van der Waals surface area contributed by atoms with Gasteiger partial charge in [0.25, 0.3) is 0 Å². The van der Waals surface area contributed by atoms with Crippen molar-refractivity contribution in [3.63, 3.8) is 0 Å². The summed E-state index contributed by atoms with van der Waals surface area (Å²) in [6, 6.07) is 22.9. The minimum absolute atomic E-state index is 0.466. The highest BCUT2D eigenvalue weighted by Crippen LogP contribution is 2.49. The van der Waals surface area contributed by atoms with Gasteiger partial charge in [-0.2, -0.15) is 0 Å². The Morgan fingerprint density at radius 1 is 0.724 bits per heavy atom. The van der Waals surface area contributed by atoms with Crippen molar-refractivity contribution in [1.29, 1.82) is 0 Å². The lowest BCUT2D eigenvalue weighted by molar-refractivity contribution is 0.0678. The van der Waals surface area contributed by atoms with Gasteiger partial charge in [-0.05, 0) is 87.7 Å². The Hall–Kier alpha value is -1.65. The van der Waals surface area contributed by atoms with E-state index in [1.165, 1.54) is 58.7 Å². The van der Waals surface area contributed by atoms with E-state index in [-0.39, 0.29) is 0 Å². The Balaban J connectivity index is 1.51. The normalized spacial score (nSPS) is 18.8. The van der Waals surface area contributed by atoms with E-state index in [1.807, 2.05) is 0 Å². The smallest absolute Gasteiger partial charge is 0.0128 e. The molecule has 3 aromatic carbocycles. The molecule has 0 aliphatic heterocycles. The quantitative estimate of drug-likeness (QED) is 0.385. The minimum atomic E-state index is 0.466. The van der Waals surface area contributed by atoms with E-state index in [0.29, 0.717) is 10.8 Å². The summed E-state index contributed by atoms with van der Waals surface area (Å²) in [6.07, 6.45) is 6.26. The second kappa shape index (κ2) is 7.88. The maximum absolute atomic E-state index is 2.81. The largest absolute Gasteiger partial charge is 0.133 e. The molecule has 1 heteroatoms. The average Bonchev–Trinajstić information content (AvgIpc) is 2.65. The van der Waals surface area contributed by atoms with Crippen LogP contribution < -0.4 is 0 Å². The van der Waals surface area contributed by atoms with Crippen LogP contribution in [0.1, 0.15) is 58.1 Å². The Morgan fingerprint density at radius 2 is 1.28 bits per heavy atom. The molecule has 0 bridgehead atoms. The average molecular weight is 403 g/mol. The maximum Gasteiger partial charge on any atom is -0.0128 e. The van der Waals surface area contributed by atoms with Gasteiger partial charge >= 0.3 is 0 Å². The lowest BCUT2D eigenvalue weighted by Gasteiger charge is -2.45. The molecule has 0 nitrogen and oxygen atoms in total. The maximum atomic E-state index is 2.81. The van der Waals surface area contributed by atoms with Crippen molar-refractivity contribution in [3.05, 3.63) is 71.8 Å². The molecule has 1 aliphatic carbocycles. The summed E-state index contributed by atoms with van der Waals surface area (Å²) < 4.78 is 0. The third-order valence-electron chi connectivity index (χ3n) is 6.59. The van der Waals surface area contributed by atoms with Gasteiger partial charge in [0, 0.05) is 0 Å². The van der Waals surface area contributed by atoms with Crippen LogP contribution in [0.2, 0.25) is 0 Å². The summed E-state index contributed by atoms with van der Waals surface area (Å²) in [5.74, 6) is 0.797. The van der Waals surface area contributed by atoms with Crippen molar-refractivity contribution in [3.8, 4) is 11.1 Å². The molecular weight excluding hydrogens is 367 g/mol. The monoisotopic (exact) mass is 402 g/mol. The van der Waals surface area contributed by atoms with Crippen molar-refractivity contribution in [1.82, 2.24) is 0 Å². The van der Waals surface area contributed by atoms with Crippen molar-refractivity contribution >= 4 is 20.0 Å². The predicted octanol–water partition coefficient (Wildman–Crippen LogP) is 8.28. The van der Waals surface area contributed by atoms with E-state index in [1.54, 1.807) is 0 Å². The summed E-state index contributed by atoms with van der Waals surface area (Å²) in [6.45, 7) is 9.80. The number of fused-ring (bicyclic) bond motifs is 1. The molecule has 0 N–H and O–H groups in total. The molecule has 0 aromatic heterocycles. The van der Waals surface area contributed by atoms with Crippen LogP contribution in [0.15, 0.2) is 60.7 Å². The van der Waals surface area contributed by atoms with Crippen LogP contribution in [0.4, 0.5) is 0 Å². The zero-order valence-corrected chi connectivity index (χ0v) is 19.6. The summed E-state index contributed by atoms with van der Waals surface area (Å²) in [7, 11) is 2.81. The van der Waals surface area contributed by atoms with Crippen LogP contribution in [0.5, 0.6) is 0 Å². The standard InChI is InChI=1S/C28H35P/c1-27(2)16-22(17-28(3,4)19-27)13-20-5-8-23(9-6-20)25-12-11-24-14-21(18-29)7-10-26(24)15-25/h5-12,14-15,22H,13,16-19,29H2,1-4H3. The predicted molar refractivity (Wildman–Crippen MR) is 131 cm³/mol. The van der Waals surface area contributed by atoms with Gasteiger partial charge in [-0.3, -0.25) is 0 Å². The van der Waals surface area contributed by atoms with Gasteiger partial charge in [0.05, 0.1) is 0 Å². The third kappa shape index (κ3) is 4.92. The van der Waals surface area contributed by atoms with E-state index >= 15 is 0 Å². The molecule has 152 valence electrons. The minimum Gasteiger partial charge on any atom is -0.133 e. The molecule has 0 saturated heterocycles. The van der Waals surface area contributed by atoms with Gasteiger partial charge in [0.1, 0.15) is 0 Å². The molecule has 1 atom stereocenters. The molecular formula is C28H35P. The molecule has 0 spiro atoms. The fourth-order valence-corrected chi connectivity index (χ4v) is 6.24. The van der Waals surface area contributed by atoms with Gasteiger partial charge < -0.3 is 0 Å². The van der Waals surface area contributed by atoms with E-state index < -0.39 is 0 Å². The molecule has 1 unspecified atom stereocenters. The van der Waals surface area contributed by atoms with Crippen LogP contribution in [-0.4, -0.2) is 0 Å².